The first-order chi connectivity index (χ1) is 16.0. The highest BCUT2D eigenvalue weighted by Gasteiger charge is 2.19. The van der Waals surface area contributed by atoms with Crippen LogP contribution in [0, 0.1) is 13.8 Å². The van der Waals surface area contributed by atoms with E-state index in [1.165, 1.54) is 40.8 Å². The fourth-order valence-corrected chi connectivity index (χ4v) is 5.17. The fourth-order valence-electron chi connectivity index (χ4n) is 4.91. The molecule has 0 spiro atoms. The minimum absolute atomic E-state index is 0.800. The van der Waals surface area contributed by atoms with Gasteiger partial charge in [-0.05, 0) is 74.2 Å². The van der Waals surface area contributed by atoms with Crippen molar-refractivity contribution < 1.29 is 4.74 Å². The van der Waals surface area contributed by atoms with Crippen LogP contribution < -0.4 is 10.2 Å². The highest BCUT2D eigenvalue weighted by atomic mass is 32.1. The van der Waals surface area contributed by atoms with Crippen molar-refractivity contribution in [1.29, 1.82) is 0 Å². The second kappa shape index (κ2) is 11.3. The Kier molecular flexibility index (Phi) is 8.23. The summed E-state index contributed by atoms with van der Waals surface area (Å²) in [5, 5.41) is 4.37. The van der Waals surface area contributed by atoms with Gasteiger partial charge in [-0.3, -0.25) is 4.90 Å². The smallest absolute Gasteiger partial charge is 0.173 e. The highest BCUT2D eigenvalue weighted by Crippen LogP contribution is 2.28. The number of nitrogens with one attached hydrogen (secondary N) is 1. The third kappa shape index (κ3) is 6.05. The van der Waals surface area contributed by atoms with E-state index in [1.54, 1.807) is 0 Å². The highest BCUT2D eigenvalue weighted by molar-refractivity contribution is 7.80. The maximum Gasteiger partial charge on any atom is 0.173 e. The minimum Gasteiger partial charge on any atom is -0.379 e. The molecule has 0 atom stereocenters. The Morgan fingerprint density at radius 2 is 1.85 bits per heavy atom. The van der Waals surface area contributed by atoms with Gasteiger partial charge in [-0.1, -0.05) is 30.3 Å². The van der Waals surface area contributed by atoms with Crippen molar-refractivity contribution in [1.82, 2.24) is 9.80 Å². The van der Waals surface area contributed by atoms with Gasteiger partial charge in [0.2, 0.25) is 0 Å². The summed E-state index contributed by atoms with van der Waals surface area (Å²) in [6, 6.07) is 13.4. The van der Waals surface area contributed by atoms with E-state index in [2.05, 4.69) is 77.2 Å². The van der Waals surface area contributed by atoms with E-state index >= 15 is 0 Å². The number of hydrogen-bond donors (Lipinski definition) is 1. The van der Waals surface area contributed by atoms with Gasteiger partial charge in [-0.2, -0.15) is 0 Å². The van der Waals surface area contributed by atoms with Gasteiger partial charge < -0.3 is 19.9 Å². The first-order valence-electron chi connectivity index (χ1n) is 12.3. The maximum absolute atomic E-state index is 5.96. The number of thiocarbonyl (C=S) groups is 1. The van der Waals surface area contributed by atoms with E-state index in [0.717, 1.165) is 69.8 Å². The SMILES string of the molecule is CCN1CCCc2cc(CN(CCN3CCOCC3)C(=S)Nc3c(C)cccc3C)ccc21. The van der Waals surface area contributed by atoms with E-state index in [-0.39, 0.29) is 0 Å². The van der Waals surface area contributed by atoms with Crippen molar-refractivity contribution in [3.05, 3.63) is 58.7 Å². The third-order valence-electron chi connectivity index (χ3n) is 6.90. The molecular formula is C27H38N4OS. The van der Waals surface area contributed by atoms with Crippen LogP contribution in [0.2, 0.25) is 0 Å². The molecule has 2 heterocycles. The molecule has 4 rings (SSSR count). The van der Waals surface area contributed by atoms with Crippen LogP contribution in [0.3, 0.4) is 0 Å². The topological polar surface area (TPSA) is 31.0 Å². The van der Waals surface area contributed by atoms with Crippen molar-refractivity contribution in [2.45, 2.75) is 40.2 Å². The lowest BCUT2D eigenvalue weighted by Gasteiger charge is -2.33. The van der Waals surface area contributed by atoms with Gasteiger partial charge >= 0.3 is 0 Å². The number of benzene rings is 2. The van der Waals surface area contributed by atoms with Gasteiger partial charge in [0.25, 0.3) is 0 Å². The van der Waals surface area contributed by atoms with Gasteiger partial charge in [-0.15, -0.1) is 0 Å². The molecule has 5 nitrogen and oxygen atoms in total. The van der Waals surface area contributed by atoms with Gasteiger partial charge in [0.15, 0.2) is 5.11 Å². The molecule has 178 valence electrons. The van der Waals surface area contributed by atoms with Crippen molar-refractivity contribution in [2.24, 2.45) is 0 Å². The Morgan fingerprint density at radius 3 is 2.58 bits per heavy atom. The number of hydrogen-bond acceptors (Lipinski definition) is 4. The van der Waals surface area contributed by atoms with Gasteiger partial charge in [0.1, 0.15) is 0 Å². The summed E-state index contributed by atoms with van der Waals surface area (Å²) in [6.45, 7) is 15.1. The second-order valence-corrected chi connectivity index (χ2v) is 9.61. The lowest BCUT2D eigenvalue weighted by atomic mass is 9.99. The maximum atomic E-state index is 5.96. The molecule has 0 amide bonds. The molecule has 2 aromatic rings. The normalized spacial score (nSPS) is 16.4. The zero-order valence-electron chi connectivity index (χ0n) is 20.4. The fraction of sp³-hybridized carbons (Fsp3) is 0.519. The van der Waals surface area contributed by atoms with Crippen molar-refractivity contribution in [3.8, 4) is 0 Å². The predicted octanol–water partition coefficient (Wildman–Crippen LogP) is 4.61. The zero-order chi connectivity index (χ0) is 23.2. The molecule has 2 aliphatic rings. The molecule has 1 fully saturated rings. The van der Waals surface area contributed by atoms with E-state index in [0.29, 0.717) is 0 Å². The summed E-state index contributed by atoms with van der Waals surface area (Å²) in [4.78, 5) is 7.30. The molecule has 2 aromatic carbocycles. The average Bonchev–Trinajstić information content (AvgIpc) is 2.84. The lowest BCUT2D eigenvalue weighted by molar-refractivity contribution is 0.0358. The average molecular weight is 467 g/mol. The largest absolute Gasteiger partial charge is 0.379 e. The number of ether oxygens (including phenoxy) is 1. The van der Waals surface area contributed by atoms with Crippen molar-refractivity contribution in [2.75, 3.05) is 62.7 Å². The van der Waals surface area contributed by atoms with Crippen LogP contribution in [0.4, 0.5) is 11.4 Å². The van der Waals surface area contributed by atoms with Crippen LogP contribution in [0.5, 0.6) is 0 Å². The van der Waals surface area contributed by atoms with E-state index < -0.39 is 0 Å². The predicted molar refractivity (Wildman–Crippen MR) is 142 cm³/mol. The summed E-state index contributed by atoms with van der Waals surface area (Å²) < 4.78 is 5.53. The number of morpholine rings is 1. The summed E-state index contributed by atoms with van der Waals surface area (Å²) in [5.74, 6) is 0. The third-order valence-corrected chi connectivity index (χ3v) is 7.26. The Morgan fingerprint density at radius 1 is 1.09 bits per heavy atom. The second-order valence-electron chi connectivity index (χ2n) is 9.22. The number of nitrogens with zero attached hydrogens (tertiary/aromatic N) is 3. The molecule has 0 aromatic heterocycles. The number of fused-ring (bicyclic) bond motifs is 1. The summed E-state index contributed by atoms with van der Waals surface area (Å²) in [6.07, 6.45) is 2.40. The number of rotatable bonds is 7. The van der Waals surface area contributed by atoms with Crippen LogP contribution in [-0.2, 0) is 17.7 Å². The van der Waals surface area contributed by atoms with Gasteiger partial charge in [-0.25, -0.2) is 0 Å². The molecule has 0 bridgehead atoms. The molecule has 6 heteroatoms. The molecule has 0 radical (unpaired) electrons. The van der Waals surface area contributed by atoms with Crippen LogP contribution >= 0.6 is 12.2 Å². The molecule has 0 saturated carbocycles. The van der Waals surface area contributed by atoms with Gasteiger partial charge in [0, 0.05) is 57.2 Å². The Labute approximate surface area is 204 Å². The molecule has 1 N–H and O–H groups in total. The Bertz CT molecular complexity index is 937. The summed E-state index contributed by atoms with van der Waals surface area (Å²) >= 11 is 5.96. The molecule has 0 unspecified atom stereocenters. The van der Waals surface area contributed by atoms with Crippen LogP contribution in [0.1, 0.15) is 35.6 Å². The quantitative estimate of drug-likeness (QED) is 0.600. The Balaban J connectivity index is 1.51. The van der Waals surface area contributed by atoms with E-state index in [1.807, 2.05) is 0 Å². The lowest BCUT2D eigenvalue weighted by Crippen LogP contribution is -2.44. The number of aryl methyl sites for hydroxylation is 3. The monoisotopic (exact) mass is 466 g/mol. The summed E-state index contributed by atoms with van der Waals surface area (Å²) in [5.41, 5.74) is 7.78. The molecule has 0 aliphatic carbocycles. The molecule has 2 aliphatic heterocycles. The van der Waals surface area contributed by atoms with E-state index in [9.17, 15) is 0 Å². The molecule has 33 heavy (non-hydrogen) atoms. The number of anilines is 2. The molecule has 1 saturated heterocycles. The van der Waals surface area contributed by atoms with Gasteiger partial charge in [0.05, 0.1) is 13.2 Å². The van der Waals surface area contributed by atoms with Crippen LogP contribution in [0.15, 0.2) is 36.4 Å². The molecular weight excluding hydrogens is 428 g/mol. The van der Waals surface area contributed by atoms with E-state index in [4.69, 9.17) is 17.0 Å². The first kappa shape index (κ1) is 24.0. The summed E-state index contributed by atoms with van der Waals surface area (Å²) in [7, 11) is 0. The van der Waals surface area contributed by atoms with Crippen LogP contribution in [-0.4, -0.2) is 67.4 Å². The van der Waals surface area contributed by atoms with Crippen molar-refractivity contribution >= 4 is 28.7 Å². The van der Waals surface area contributed by atoms with Crippen molar-refractivity contribution in [3.63, 3.8) is 0 Å². The Hall–Kier alpha value is -2.15. The standard InChI is InChI=1S/C27H38N4OS/c1-4-30-12-6-9-24-19-23(10-11-25(24)30)20-31(14-13-29-15-17-32-18-16-29)27(33)28-26-21(2)7-5-8-22(26)3/h5,7-8,10-11,19H,4,6,9,12-18,20H2,1-3H3,(H,28,33). The van der Waals surface area contributed by atoms with Crippen LogP contribution in [0.25, 0.3) is 0 Å². The zero-order valence-corrected chi connectivity index (χ0v) is 21.2. The first-order valence-corrected chi connectivity index (χ1v) is 12.7. The number of para-hydroxylation sites is 1. The minimum atomic E-state index is 0.800.